The van der Waals surface area contributed by atoms with E-state index in [1.807, 2.05) is 26.0 Å². The number of nitrogens with one attached hydrogen (secondary N) is 1. The molecule has 16 heavy (non-hydrogen) atoms. The second-order valence-corrected chi connectivity index (χ2v) is 4.10. The molecule has 84 valence electrons. The van der Waals surface area contributed by atoms with Crippen molar-refractivity contribution in [3.8, 4) is 0 Å². The molecule has 2 rings (SSSR count). The van der Waals surface area contributed by atoms with E-state index in [0.29, 0.717) is 6.42 Å². The van der Waals surface area contributed by atoms with E-state index in [0.717, 1.165) is 16.8 Å². The molecule has 1 aromatic rings. The largest absolute Gasteiger partial charge is 0.480 e. The molecule has 0 saturated carbocycles. The normalized spacial score (nSPS) is 19.1. The Hall–Kier alpha value is -1.84. The van der Waals surface area contributed by atoms with Gasteiger partial charge in [0.25, 0.3) is 0 Å². The van der Waals surface area contributed by atoms with Gasteiger partial charge >= 0.3 is 5.97 Å². The zero-order chi connectivity index (χ0) is 11.7. The number of nitrogens with zero attached hydrogens (tertiary/aromatic N) is 1. The molecule has 0 amide bonds. The number of carboxylic acid groups (broad SMARTS) is 1. The third kappa shape index (κ3) is 1.91. The molecule has 4 nitrogen and oxygen atoms in total. The highest BCUT2D eigenvalue weighted by Crippen LogP contribution is 2.17. The van der Waals surface area contributed by atoms with Crippen LogP contribution in [0.2, 0.25) is 0 Å². The van der Waals surface area contributed by atoms with Crippen LogP contribution < -0.4 is 5.43 Å². The molecule has 4 heteroatoms. The Morgan fingerprint density at radius 1 is 1.50 bits per heavy atom. The summed E-state index contributed by atoms with van der Waals surface area (Å²) in [4.78, 5) is 10.8. The van der Waals surface area contributed by atoms with Crippen molar-refractivity contribution in [1.29, 1.82) is 0 Å². The van der Waals surface area contributed by atoms with Gasteiger partial charge in [-0.1, -0.05) is 23.8 Å². The molecule has 1 aliphatic heterocycles. The Labute approximate surface area is 94.0 Å². The molecule has 0 aromatic heterocycles. The average molecular weight is 218 g/mol. The van der Waals surface area contributed by atoms with Crippen molar-refractivity contribution < 1.29 is 9.90 Å². The molecular formula is C12H14N2O2. The summed E-state index contributed by atoms with van der Waals surface area (Å²) < 4.78 is 0. The fraction of sp³-hybridized carbons (Fsp3) is 0.333. The molecule has 0 saturated heterocycles. The molecule has 1 aromatic carbocycles. The number of hydrogen-bond donors (Lipinski definition) is 2. The molecule has 2 N–H and O–H groups in total. The first-order chi connectivity index (χ1) is 7.58. The molecule has 1 atom stereocenters. The maximum absolute atomic E-state index is 10.8. The Balaban J connectivity index is 2.24. The van der Waals surface area contributed by atoms with E-state index >= 15 is 0 Å². The minimum absolute atomic E-state index is 0.444. The van der Waals surface area contributed by atoms with Crippen LogP contribution in [0.1, 0.15) is 23.1 Å². The van der Waals surface area contributed by atoms with Crippen molar-refractivity contribution in [2.45, 2.75) is 26.3 Å². The van der Waals surface area contributed by atoms with Gasteiger partial charge in [-0.2, -0.15) is 5.10 Å². The highest BCUT2D eigenvalue weighted by atomic mass is 16.4. The number of carbonyl (C=O) groups is 1. The summed E-state index contributed by atoms with van der Waals surface area (Å²) in [5, 5.41) is 12.9. The van der Waals surface area contributed by atoms with E-state index in [2.05, 4.69) is 16.6 Å². The molecule has 0 aliphatic carbocycles. The Kier molecular flexibility index (Phi) is 2.64. The standard InChI is InChI=1S/C12H14N2O2/c1-7-3-4-9(8(2)5-7)10-6-11(12(15)16)14-13-10/h3-5,11,14H,6H2,1-2H3,(H,15,16). The number of rotatable bonds is 2. The third-order valence-corrected chi connectivity index (χ3v) is 2.74. The van der Waals surface area contributed by atoms with Crippen molar-refractivity contribution in [3.63, 3.8) is 0 Å². The highest BCUT2D eigenvalue weighted by molar-refractivity contribution is 6.05. The van der Waals surface area contributed by atoms with Crippen molar-refractivity contribution in [3.05, 3.63) is 34.9 Å². The van der Waals surface area contributed by atoms with Gasteiger partial charge in [0.2, 0.25) is 0 Å². The Bertz CT molecular complexity index is 466. The van der Waals surface area contributed by atoms with Gasteiger partial charge < -0.3 is 5.11 Å². The lowest BCUT2D eigenvalue weighted by Gasteiger charge is -2.06. The molecule has 0 radical (unpaired) electrons. The Morgan fingerprint density at radius 2 is 2.25 bits per heavy atom. The summed E-state index contributed by atoms with van der Waals surface area (Å²) in [5.74, 6) is -0.858. The number of aliphatic carboxylic acids is 1. The molecule has 0 spiro atoms. The van der Waals surface area contributed by atoms with Crippen LogP contribution >= 0.6 is 0 Å². The maximum Gasteiger partial charge on any atom is 0.328 e. The van der Waals surface area contributed by atoms with Crippen LogP contribution in [-0.2, 0) is 4.79 Å². The lowest BCUT2D eigenvalue weighted by atomic mass is 9.98. The number of aryl methyl sites for hydroxylation is 2. The number of hydrazone groups is 1. The first-order valence-corrected chi connectivity index (χ1v) is 5.20. The monoisotopic (exact) mass is 218 g/mol. The summed E-state index contributed by atoms with van der Waals surface area (Å²) in [5.41, 5.74) is 6.82. The average Bonchev–Trinajstić information content (AvgIpc) is 2.66. The lowest BCUT2D eigenvalue weighted by Crippen LogP contribution is -2.29. The third-order valence-electron chi connectivity index (χ3n) is 2.74. The smallest absolute Gasteiger partial charge is 0.328 e. The topological polar surface area (TPSA) is 61.7 Å². The van der Waals surface area contributed by atoms with Gasteiger partial charge in [0.05, 0.1) is 5.71 Å². The first-order valence-electron chi connectivity index (χ1n) is 5.20. The fourth-order valence-corrected chi connectivity index (χ4v) is 1.89. The minimum Gasteiger partial charge on any atom is -0.480 e. The van der Waals surface area contributed by atoms with Gasteiger partial charge in [-0.15, -0.1) is 0 Å². The quantitative estimate of drug-likeness (QED) is 0.789. The van der Waals surface area contributed by atoms with Gasteiger partial charge in [0.15, 0.2) is 0 Å². The molecule has 1 unspecified atom stereocenters. The van der Waals surface area contributed by atoms with Crippen LogP contribution in [0.15, 0.2) is 23.3 Å². The number of hydrogen-bond acceptors (Lipinski definition) is 3. The van der Waals surface area contributed by atoms with Crippen LogP contribution in [0.25, 0.3) is 0 Å². The SMILES string of the molecule is Cc1ccc(C2=NNC(C(=O)O)C2)c(C)c1. The second kappa shape index (κ2) is 3.96. The molecule has 1 aliphatic rings. The fourth-order valence-electron chi connectivity index (χ4n) is 1.89. The van der Waals surface area contributed by atoms with Crippen molar-refractivity contribution >= 4 is 11.7 Å². The van der Waals surface area contributed by atoms with Crippen LogP contribution in [0.4, 0.5) is 0 Å². The van der Waals surface area contributed by atoms with E-state index in [1.165, 1.54) is 5.56 Å². The van der Waals surface area contributed by atoms with Crippen LogP contribution in [0.5, 0.6) is 0 Å². The van der Waals surface area contributed by atoms with Gasteiger partial charge in [-0.25, -0.2) is 4.79 Å². The van der Waals surface area contributed by atoms with Gasteiger partial charge in [-0.05, 0) is 19.4 Å². The highest BCUT2D eigenvalue weighted by Gasteiger charge is 2.25. The van der Waals surface area contributed by atoms with Crippen LogP contribution in [0.3, 0.4) is 0 Å². The maximum atomic E-state index is 10.8. The predicted molar refractivity (Wildman–Crippen MR) is 61.6 cm³/mol. The first kappa shape index (κ1) is 10.7. The molecule has 0 fully saturated rings. The summed E-state index contributed by atoms with van der Waals surface area (Å²) in [6.45, 7) is 4.05. The van der Waals surface area contributed by atoms with Crippen molar-refractivity contribution in [1.82, 2.24) is 5.43 Å². The van der Waals surface area contributed by atoms with Gasteiger partial charge in [0, 0.05) is 12.0 Å². The molecule has 0 bridgehead atoms. The zero-order valence-corrected chi connectivity index (χ0v) is 9.32. The number of benzene rings is 1. The molecule has 1 heterocycles. The molecular weight excluding hydrogens is 204 g/mol. The van der Waals surface area contributed by atoms with Crippen molar-refractivity contribution in [2.24, 2.45) is 5.10 Å². The summed E-state index contributed by atoms with van der Waals surface area (Å²) >= 11 is 0. The minimum atomic E-state index is -0.858. The second-order valence-electron chi connectivity index (χ2n) is 4.10. The Morgan fingerprint density at radius 3 is 2.81 bits per heavy atom. The van der Waals surface area contributed by atoms with Crippen LogP contribution in [-0.4, -0.2) is 22.8 Å². The van der Waals surface area contributed by atoms with E-state index in [9.17, 15) is 4.79 Å². The summed E-state index contributed by atoms with van der Waals surface area (Å²) in [6.07, 6.45) is 0.444. The van der Waals surface area contributed by atoms with E-state index in [4.69, 9.17) is 5.11 Å². The lowest BCUT2D eigenvalue weighted by molar-refractivity contribution is -0.139. The summed E-state index contributed by atoms with van der Waals surface area (Å²) in [7, 11) is 0. The number of carboxylic acids is 1. The zero-order valence-electron chi connectivity index (χ0n) is 9.32. The summed E-state index contributed by atoms with van der Waals surface area (Å²) in [6, 6.07) is 5.50. The van der Waals surface area contributed by atoms with Crippen molar-refractivity contribution in [2.75, 3.05) is 0 Å². The van der Waals surface area contributed by atoms with Crippen LogP contribution in [0, 0.1) is 13.8 Å². The van der Waals surface area contributed by atoms with Gasteiger partial charge in [-0.3, -0.25) is 5.43 Å². The predicted octanol–water partition coefficient (Wildman–Crippen LogP) is 1.45. The van der Waals surface area contributed by atoms with Gasteiger partial charge in [0.1, 0.15) is 6.04 Å². The van der Waals surface area contributed by atoms with E-state index < -0.39 is 12.0 Å². The van der Waals surface area contributed by atoms with E-state index in [-0.39, 0.29) is 0 Å². The van der Waals surface area contributed by atoms with E-state index in [1.54, 1.807) is 0 Å².